The molecule has 15 rings (SSSR count). The van der Waals surface area contributed by atoms with Crippen LogP contribution in [0.2, 0.25) is 0 Å². The zero-order valence-electron chi connectivity index (χ0n) is 38.5. The van der Waals surface area contributed by atoms with Crippen LogP contribution in [0.15, 0.2) is 170 Å². The van der Waals surface area contributed by atoms with Crippen molar-refractivity contribution in [1.82, 2.24) is 18.4 Å². The number of benzene rings is 9. The van der Waals surface area contributed by atoms with E-state index >= 15 is 0 Å². The fourth-order valence-corrected chi connectivity index (χ4v) is 12.2. The third kappa shape index (κ3) is 4.74. The third-order valence-corrected chi connectivity index (χ3v) is 15.4. The molecule has 0 fully saturated rings. The number of nitrogens with zero attached hydrogens (tertiary/aromatic N) is 4. The monoisotopic (exact) mass is 858 g/mol. The van der Waals surface area contributed by atoms with Crippen LogP contribution >= 0.6 is 0 Å². The molecule has 15 aromatic rings. The quantitative estimate of drug-likeness (QED) is 0.170. The van der Waals surface area contributed by atoms with Crippen LogP contribution < -0.4 is 0 Å². The van der Waals surface area contributed by atoms with Crippen molar-refractivity contribution >= 4 is 120 Å². The van der Waals surface area contributed by atoms with Gasteiger partial charge in [0.15, 0.2) is 0 Å². The van der Waals surface area contributed by atoms with E-state index < -0.39 is 0 Å². The number of rotatable bonds is 2. The molecule has 0 saturated carbocycles. The van der Waals surface area contributed by atoms with Gasteiger partial charge in [-0.25, -0.2) is 4.98 Å². The van der Waals surface area contributed by atoms with Crippen LogP contribution in [0, 0.1) is 0 Å². The fraction of sp³-hybridized carbons (Fsp3) is 0.127. The lowest BCUT2D eigenvalue weighted by Gasteiger charge is -2.20. The van der Waals surface area contributed by atoms with Gasteiger partial charge in [0, 0.05) is 65.1 Å². The Labute approximate surface area is 386 Å². The summed E-state index contributed by atoms with van der Waals surface area (Å²) in [6.07, 6.45) is 2.19. The van der Waals surface area contributed by atoms with E-state index in [1.807, 2.05) is 0 Å². The van der Waals surface area contributed by atoms with E-state index in [4.69, 9.17) is 4.98 Å². The van der Waals surface area contributed by atoms with Crippen LogP contribution in [0.5, 0.6) is 0 Å². The van der Waals surface area contributed by atoms with Crippen LogP contribution in [0.4, 0.5) is 0 Å². The van der Waals surface area contributed by atoms with Crippen LogP contribution in [0.25, 0.3) is 136 Å². The van der Waals surface area contributed by atoms with E-state index in [0.29, 0.717) is 0 Å². The molecule has 0 aliphatic heterocycles. The molecule has 0 saturated heterocycles. The Morgan fingerprint density at radius 1 is 0.373 bits per heavy atom. The minimum Gasteiger partial charge on any atom is -0.309 e. The highest BCUT2D eigenvalue weighted by Gasteiger charge is 2.30. The highest BCUT2D eigenvalue weighted by Crippen LogP contribution is 2.52. The molecule has 9 aromatic carbocycles. The largest absolute Gasteiger partial charge is 0.309 e. The first-order valence-electron chi connectivity index (χ1n) is 23.7. The van der Waals surface area contributed by atoms with E-state index in [1.54, 1.807) is 0 Å². The molecule has 4 heteroatoms. The summed E-state index contributed by atoms with van der Waals surface area (Å²) in [5.74, 6) is 0. The summed E-state index contributed by atoms with van der Waals surface area (Å²) in [4.78, 5) is 5.60. The lowest BCUT2D eigenvalue weighted by Crippen LogP contribution is -2.11. The molecule has 0 spiro atoms. The molecule has 0 unspecified atom stereocenters. The van der Waals surface area contributed by atoms with Gasteiger partial charge in [-0.3, -0.25) is 4.40 Å². The summed E-state index contributed by atoms with van der Waals surface area (Å²) < 4.78 is 7.48. The van der Waals surface area contributed by atoms with Gasteiger partial charge >= 0.3 is 0 Å². The van der Waals surface area contributed by atoms with Gasteiger partial charge in [-0.15, -0.1) is 0 Å². The predicted molar refractivity (Wildman–Crippen MR) is 286 cm³/mol. The molecule has 0 N–H and O–H groups in total. The fourth-order valence-electron chi connectivity index (χ4n) is 12.2. The van der Waals surface area contributed by atoms with Crippen molar-refractivity contribution in [1.29, 1.82) is 0 Å². The second-order valence-corrected chi connectivity index (χ2v) is 21.2. The van der Waals surface area contributed by atoms with Crippen LogP contribution in [-0.4, -0.2) is 18.4 Å². The molecule has 0 atom stereocenters. The van der Waals surface area contributed by atoms with Crippen molar-refractivity contribution in [2.24, 2.45) is 0 Å². The van der Waals surface area contributed by atoms with Crippen molar-refractivity contribution in [2.45, 2.75) is 52.4 Å². The number of aromatic nitrogens is 4. The minimum atomic E-state index is -0.0620. The molecular weight excluding hydrogens is 813 g/mol. The Balaban J connectivity index is 1.14. The van der Waals surface area contributed by atoms with E-state index in [2.05, 4.69) is 225 Å². The number of hydrogen-bond donors (Lipinski definition) is 0. The Morgan fingerprint density at radius 2 is 0.985 bits per heavy atom. The second kappa shape index (κ2) is 12.5. The molecule has 0 radical (unpaired) electrons. The second-order valence-electron chi connectivity index (χ2n) is 21.2. The highest BCUT2D eigenvalue weighted by molar-refractivity contribution is 6.41. The molecule has 0 amide bonds. The maximum absolute atomic E-state index is 5.60. The van der Waals surface area contributed by atoms with Crippen LogP contribution in [0.3, 0.4) is 0 Å². The van der Waals surface area contributed by atoms with Crippen molar-refractivity contribution in [3.8, 4) is 16.8 Å². The summed E-state index contributed by atoms with van der Waals surface area (Å²) in [7, 11) is 0. The van der Waals surface area contributed by atoms with Gasteiger partial charge in [0.1, 0.15) is 5.65 Å². The Hall–Kier alpha value is -7.95. The summed E-state index contributed by atoms with van der Waals surface area (Å²) in [5, 5.41) is 17.8. The highest BCUT2D eigenvalue weighted by atomic mass is 15.0. The first-order valence-corrected chi connectivity index (χ1v) is 23.7. The maximum atomic E-state index is 5.60. The summed E-state index contributed by atoms with van der Waals surface area (Å²) in [5.41, 5.74) is 15.8. The molecule has 0 aliphatic carbocycles. The summed E-state index contributed by atoms with van der Waals surface area (Å²) in [6.45, 7) is 14.0. The third-order valence-electron chi connectivity index (χ3n) is 15.4. The predicted octanol–water partition coefficient (Wildman–Crippen LogP) is 17.0. The van der Waals surface area contributed by atoms with Crippen LogP contribution in [0.1, 0.15) is 52.7 Å². The molecule has 6 heterocycles. The Bertz CT molecular complexity index is 4620. The summed E-state index contributed by atoms with van der Waals surface area (Å²) >= 11 is 0. The molecule has 0 bridgehead atoms. The molecule has 67 heavy (non-hydrogen) atoms. The van der Waals surface area contributed by atoms with E-state index in [-0.39, 0.29) is 10.8 Å². The molecule has 6 aromatic heterocycles. The zero-order valence-corrected chi connectivity index (χ0v) is 38.5. The number of hydrogen-bond acceptors (Lipinski definition) is 1. The zero-order chi connectivity index (χ0) is 44.8. The van der Waals surface area contributed by atoms with Crippen molar-refractivity contribution in [3.63, 3.8) is 0 Å². The van der Waals surface area contributed by atoms with E-state index in [1.165, 1.54) is 131 Å². The van der Waals surface area contributed by atoms with Crippen molar-refractivity contribution in [3.05, 3.63) is 181 Å². The average molecular weight is 859 g/mol. The molecule has 0 aliphatic rings. The Morgan fingerprint density at radius 3 is 1.76 bits per heavy atom. The molecule has 318 valence electrons. The first-order chi connectivity index (χ1) is 32.5. The van der Waals surface area contributed by atoms with Gasteiger partial charge in [-0.1, -0.05) is 139 Å². The topological polar surface area (TPSA) is 26.6 Å². The van der Waals surface area contributed by atoms with Crippen LogP contribution in [-0.2, 0) is 10.8 Å². The van der Waals surface area contributed by atoms with Gasteiger partial charge in [0.25, 0.3) is 0 Å². The standard InChI is InChI=1S/C63H46N4/c1-62(2,3)38-25-27-52-46(31-38)47-32-39(63(4,5)6)33-49-56-57-53(34-64-61(56)67(52)58(47)49)66-59-44(37-24-26-51-45(29-37)43-22-14-15-23-50(43)65(51)40-18-8-7-9-19-40)28-35-16-10-12-20-41(35)54(59)48-30-36-17-11-13-21-42(36)55(57)60(48)66/h7-34H,1-6H3. The Kier molecular flexibility index (Phi) is 6.94. The summed E-state index contributed by atoms with van der Waals surface area (Å²) in [6, 6.07) is 61.7. The SMILES string of the molecule is CC(C)(C)c1ccc2c(c1)c1cc(C(C)(C)C)cc3c4c5c6c7ccccc7cc7c8c9ccccc9cc(-c9ccc%10c(c9)c9ccccc9n%10-c9ccccc9)c8n(c5cnc4n2c13)c76. The van der Waals surface area contributed by atoms with Gasteiger partial charge in [-0.2, -0.15) is 0 Å². The lowest BCUT2D eigenvalue weighted by atomic mass is 9.84. The van der Waals surface area contributed by atoms with Gasteiger partial charge < -0.3 is 8.97 Å². The minimum absolute atomic E-state index is 0.0289. The maximum Gasteiger partial charge on any atom is 0.146 e. The molecular formula is C63H46N4. The van der Waals surface area contributed by atoms with E-state index in [9.17, 15) is 0 Å². The molecule has 4 nitrogen and oxygen atoms in total. The lowest BCUT2D eigenvalue weighted by molar-refractivity contribution is 0.590. The smallest absolute Gasteiger partial charge is 0.146 e. The van der Waals surface area contributed by atoms with Gasteiger partial charge in [-0.05, 0) is 116 Å². The number of fused-ring (bicyclic) bond motifs is 20. The average Bonchev–Trinajstić information content (AvgIpc) is 4.13. The normalized spacial score (nSPS) is 13.2. The van der Waals surface area contributed by atoms with Gasteiger partial charge in [0.05, 0.1) is 44.8 Å². The van der Waals surface area contributed by atoms with Gasteiger partial charge in [0.2, 0.25) is 0 Å². The van der Waals surface area contributed by atoms with E-state index in [0.717, 1.165) is 16.9 Å². The van der Waals surface area contributed by atoms with Crippen molar-refractivity contribution < 1.29 is 0 Å². The van der Waals surface area contributed by atoms with Crippen molar-refractivity contribution in [2.75, 3.05) is 0 Å². The number of pyridine rings is 1. The first kappa shape index (κ1) is 37.3. The number of para-hydroxylation sites is 2.